The lowest BCUT2D eigenvalue weighted by Gasteiger charge is -2.36. The molecule has 0 spiro atoms. The van der Waals surface area contributed by atoms with Crippen molar-refractivity contribution in [1.29, 1.82) is 0 Å². The van der Waals surface area contributed by atoms with Crippen LogP contribution in [0.15, 0.2) is 29.2 Å². The van der Waals surface area contributed by atoms with Crippen LogP contribution in [0.4, 0.5) is 13.2 Å². The van der Waals surface area contributed by atoms with E-state index < -0.39 is 22.6 Å². The van der Waals surface area contributed by atoms with E-state index in [9.17, 15) is 21.6 Å². The molecule has 2 atom stereocenters. The number of halogens is 3. The zero-order chi connectivity index (χ0) is 17.3. The highest BCUT2D eigenvalue weighted by atomic mass is 32.2. The van der Waals surface area contributed by atoms with Crippen LogP contribution in [0.5, 0.6) is 0 Å². The fraction of sp³-hybridized carbons (Fsp3) is 0.600. The molecule has 1 aromatic carbocycles. The smallest absolute Gasteiger partial charge is 0.326 e. The summed E-state index contributed by atoms with van der Waals surface area (Å²) in [5.41, 5.74) is 5.94. The van der Waals surface area contributed by atoms with Crippen LogP contribution in [0.1, 0.15) is 31.7 Å². The lowest BCUT2D eigenvalue weighted by molar-refractivity contribution is -0.127. The van der Waals surface area contributed by atoms with Crippen LogP contribution in [-0.2, 0) is 16.4 Å². The molecular weight excluding hydrogens is 329 g/mol. The molecule has 0 aliphatic carbocycles. The third-order valence-corrected chi connectivity index (χ3v) is 5.98. The molecule has 23 heavy (non-hydrogen) atoms. The van der Waals surface area contributed by atoms with Crippen molar-refractivity contribution in [3.8, 4) is 0 Å². The molecule has 1 aliphatic rings. The van der Waals surface area contributed by atoms with Gasteiger partial charge in [0, 0.05) is 18.6 Å². The zero-order valence-corrected chi connectivity index (χ0v) is 13.7. The lowest BCUT2D eigenvalue weighted by Crippen LogP contribution is -2.51. The number of alkyl halides is 3. The molecule has 2 unspecified atom stereocenters. The van der Waals surface area contributed by atoms with E-state index in [0.717, 1.165) is 12.8 Å². The topological polar surface area (TPSA) is 63.4 Å². The minimum Gasteiger partial charge on any atom is -0.326 e. The first-order chi connectivity index (χ1) is 10.6. The van der Waals surface area contributed by atoms with Crippen molar-refractivity contribution in [2.75, 3.05) is 6.54 Å². The maximum atomic E-state index is 12.7. The van der Waals surface area contributed by atoms with Crippen molar-refractivity contribution in [3.05, 3.63) is 29.8 Å². The standard InChI is InChI=1S/C15H21F3N2O2S/c1-11(19)14-4-2-3-9-20(14)23(21,22)13-7-5-12(6-8-13)10-15(16,17)18/h5-8,11,14H,2-4,9-10,19H2,1H3. The number of piperidine rings is 1. The molecule has 1 aliphatic heterocycles. The summed E-state index contributed by atoms with van der Waals surface area (Å²) in [4.78, 5) is 0.0102. The Morgan fingerprint density at radius 2 is 1.87 bits per heavy atom. The Morgan fingerprint density at radius 1 is 1.26 bits per heavy atom. The summed E-state index contributed by atoms with van der Waals surface area (Å²) in [7, 11) is -3.74. The van der Waals surface area contributed by atoms with Crippen LogP contribution >= 0.6 is 0 Å². The van der Waals surface area contributed by atoms with E-state index >= 15 is 0 Å². The van der Waals surface area contributed by atoms with Crippen LogP contribution in [0.2, 0.25) is 0 Å². The summed E-state index contributed by atoms with van der Waals surface area (Å²) in [6.07, 6.45) is -3.01. The van der Waals surface area contributed by atoms with Gasteiger partial charge in [-0.1, -0.05) is 18.6 Å². The number of benzene rings is 1. The highest BCUT2D eigenvalue weighted by Gasteiger charge is 2.35. The Balaban J connectivity index is 2.25. The van der Waals surface area contributed by atoms with Crippen molar-refractivity contribution in [2.24, 2.45) is 5.73 Å². The number of rotatable bonds is 4. The second-order valence-corrected chi connectivity index (χ2v) is 7.86. The molecule has 2 N–H and O–H groups in total. The third-order valence-electron chi connectivity index (χ3n) is 4.04. The largest absolute Gasteiger partial charge is 0.393 e. The Morgan fingerprint density at radius 3 is 2.39 bits per heavy atom. The number of hydrogen-bond acceptors (Lipinski definition) is 3. The molecule has 0 aromatic heterocycles. The summed E-state index contributed by atoms with van der Waals surface area (Å²) in [6.45, 7) is 2.16. The number of sulfonamides is 1. The molecule has 0 saturated carbocycles. The summed E-state index contributed by atoms with van der Waals surface area (Å²) in [5, 5.41) is 0. The third kappa shape index (κ3) is 4.45. The number of hydrogen-bond donors (Lipinski definition) is 1. The summed E-state index contributed by atoms with van der Waals surface area (Å²) >= 11 is 0. The van der Waals surface area contributed by atoms with Crippen molar-refractivity contribution >= 4 is 10.0 Å². The van der Waals surface area contributed by atoms with Crippen LogP contribution < -0.4 is 5.73 Å². The van der Waals surface area contributed by atoms with Crippen LogP contribution in [0, 0.1) is 0 Å². The fourth-order valence-electron chi connectivity index (χ4n) is 2.90. The average Bonchev–Trinajstić information content (AvgIpc) is 2.46. The normalized spacial score (nSPS) is 22.0. The van der Waals surface area contributed by atoms with Crippen LogP contribution in [0.25, 0.3) is 0 Å². The maximum absolute atomic E-state index is 12.7. The van der Waals surface area contributed by atoms with Gasteiger partial charge in [0.15, 0.2) is 0 Å². The monoisotopic (exact) mass is 350 g/mol. The minimum absolute atomic E-state index is 0.0102. The average molecular weight is 350 g/mol. The SMILES string of the molecule is CC(N)C1CCCCN1S(=O)(=O)c1ccc(CC(F)(F)F)cc1. The number of nitrogens with zero attached hydrogens (tertiary/aromatic N) is 1. The van der Waals surface area contributed by atoms with Crippen LogP contribution in [-0.4, -0.2) is 37.5 Å². The molecule has 1 saturated heterocycles. The van der Waals surface area contributed by atoms with Crippen molar-refractivity contribution in [2.45, 2.75) is 55.8 Å². The van der Waals surface area contributed by atoms with Crippen molar-refractivity contribution in [3.63, 3.8) is 0 Å². The molecule has 1 aromatic rings. The van der Waals surface area contributed by atoms with Crippen LogP contribution in [0.3, 0.4) is 0 Å². The molecule has 2 rings (SSSR count). The van der Waals surface area contributed by atoms with Gasteiger partial charge >= 0.3 is 6.18 Å². The van der Waals surface area contributed by atoms with Crippen molar-refractivity contribution in [1.82, 2.24) is 4.31 Å². The van der Waals surface area contributed by atoms with Gasteiger partial charge in [-0.3, -0.25) is 0 Å². The minimum atomic E-state index is -4.31. The molecule has 4 nitrogen and oxygen atoms in total. The molecule has 8 heteroatoms. The molecular formula is C15H21F3N2O2S. The summed E-state index contributed by atoms with van der Waals surface area (Å²) in [5.74, 6) is 0. The first-order valence-electron chi connectivity index (χ1n) is 7.54. The predicted molar refractivity (Wildman–Crippen MR) is 81.4 cm³/mol. The quantitative estimate of drug-likeness (QED) is 0.908. The van der Waals surface area contributed by atoms with Crippen molar-refractivity contribution < 1.29 is 21.6 Å². The van der Waals surface area contributed by atoms with Gasteiger partial charge < -0.3 is 5.73 Å². The van der Waals surface area contributed by atoms with E-state index in [4.69, 9.17) is 5.73 Å². The second-order valence-electron chi connectivity index (χ2n) is 5.97. The Kier molecular flexibility index (Phi) is 5.37. The maximum Gasteiger partial charge on any atom is 0.393 e. The van der Waals surface area contributed by atoms with Gasteiger partial charge in [0.05, 0.1) is 11.3 Å². The zero-order valence-electron chi connectivity index (χ0n) is 12.9. The summed E-state index contributed by atoms with van der Waals surface area (Å²) < 4.78 is 64.0. The molecule has 0 amide bonds. The second kappa shape index (κ2) is 6.78. The summed E-state index contributed by atoms with van der Waals surface area (Å²) in [6, 6.07) is 4.33. The van der Waals surface area contributed by atoms with E-state index in [1.54, 1.807) is 6.92 Å². The molecule has 1 fully saturated rings. The fourth-order valence-corrected chi connectivity index (χ4v) is 4.67. The van der Waals surface area contributed by atoms with Gasteiger partial charge in [0.2, 0.25) is 10.0 Å². The first kappa shape index (κ1) is 18.2. The van der Waals surface area contributed by atoms with Gasteiger partial charge in [-0.2, -0.15) is 17.5 Å². The highest BCUT2D eigenvalue weighted by molar-refractivity contribution is 7.89. The molecule has 0 bridgehead atoms. The number of nitrogens with two attached hydrogens (primary N) is 1. The van der Waals surface area contributed by atoms with E-state index in [0.29, 0.717) is 13.0 Å². The lowest BCUT2D eigenvalue weighted by atomic mass is 10.00. The van der Waals surface area contributed by atoms with E-state index in [-0.39, 0.29) is 22.5 Å². The van der Waals surface area contributed by atoms with Gasteiger partial charge in [-0.05, 0) is 37.5 Å². The molecule has 1 heterocycles. The Bertz CT molecular complexity index is 627. The Hall–Kier alpha value is -1.12. The van der Waals surface area contributed by atoms with E-state index in [1.165, 1.54) is 28.6 Å². The highest BCUT2D eigenvalue weighted by Crippen LogP contribution is 2.28. The molecule has 0 radical (unpaired) electrons. The predicted octanol–water partition coefficient (Wildman–Crippen LogP) is 2.68. The van der Waals surface area contributed by atoms with Gasteiger partial charge in [0.25, 0.3) is 0 Å². The first-order valence-corrected chi connectivity index (χ1v) is 8.98. The van der Waals surface area contributed by atoms with E-state index in [1.807, 2.05) is 0 Å². The van der Waals surface area contributed by atoms with E-state index in [2.05, 4.69) is 0 Å². The van der Waals surface area contributed by atoms with Gasteiger partial charge in [-0.15, -0.1) is 0 Å². The van der Waals surface area contributed by atoms with Gasteiger partial charge in [0.1, 0.15) is 0 Å². The Labute approximate surface area is 134 Å². The molecule has 130 valence electrons. The van der Waals surface area contributed by atoms with Gasteiger partial charge in [-0.25, -0.2) is 8.42 Å².